The smallest absolute Gasteiger partial charge is 0.289 e. The maximum Gasteiger partial charge on any atom is 0.289 e. The molecule has 26 heavy (non-hydrogen) atoms. The van der Waals surface area contributed by atoms with Gasteiger partial charge in [0, 0.05) is 19.2 Å². The molecule has 0 aliphatic heterocycles. The number of halogens is 1. The van der Waals surface area contributed by atoms with Crippen molar-refractivity contribution in [2.75, 3.05) is 13.1 Å². The van der Waals surface area contributed by atoms with Crippen LogP contribution < -0.4 is 5.73 Å². The fourth-order valence-electron chi connectivity index (χ4n) is 2.52. The second-order valence-electron chi connectivity index (χ2n) is 5.82. The molecule has 0 aliphatic rings. The lowest BCUT2D eigenvalue weighted by atomic mass is 10.2. The maximum absolute atomic E-state index is 13.2. The molecule has 0 spiro atoms. The van der Waals surface area contributed by atoms with Crippen molar-refractivity contribution in [1.29, 1.82) is 0 Å². The number of aryl methyl sites for hydroxylation is 1. The Balaban J connectivity index is 2.51. The van der Waals surface area contributed by atoms with Crippen LogP contribution in [0.15, 0.2) is 47.4 Å². The molecule has 2 N–H and O–H groups in total. The zero-order valence-electron chi connectivity index (χ0n) is 14.3. The second-order valence-corrected chi connectivity index (χ2v) is 8.10. The highest BCUT2D eigenvalue weighted by Crippen LogP contribution is 2.34. The van der Waals surface area contributed by atoms with E-state index in [1.807, 2.05) is 30.3 Å². The van der Waals surface area contributed by atoms with Crippen LogP contribution in [0.4, 0.5) is 5.69 Å². The first-order valence-corrected chi connectivity index (χ1v) is 9.78. The van der Waals surface area contributed by atoms with Crippen LogP contribution in [0.1, 0.15) is 17.5 Å². The van der Waals surface area contributed by atoms with Gasteiger partial charge in [0.2, 0.25) is 10.0 Å². The molecule has 2 rings (SSSR count). The monoisotopic (exact) mass is 397 g/mol. The third-order valence-corrected chi connectivity index (χ3v) is 6.17. The van der Waals surface area contributed by atoms with Crippen molar-refractivity contribution in [2.24, 2.45) is 5.73 Å². The SMILES string of the molecule is Cc1cc([N+](=O)[O-])c(Cl)c(S(=O)(=O)N(CCCN)Cc2ccccc2)c1. The summed E-state index contributed by atoms with van der Waals surface area (Å²) in [4.78, 5) is 10.2. The average molecular weight is 398 g/mol. The fourth-order valence-corrected chi connectivity index (χ4v) is 4.62. The topological polar surface area (TPSA) is 107 Å². The van der Waals surface area contributed by atoms with E-state index in [9.17, 15) is 18.5 Å². The predicted molar refractivity (Wildman–Crippen MR) is 101 cm³/mol. The lowest BCUT2D eigenvalue weighted by Crippen LogP contribution is -2.33. The summed E-state index contributed by atoms with van der Waals surface area (Å²) < 4.78 is 27.6. The molecule has 0 fully saturated rings. The fraction of sp³-hybridized carbons (Fsp3) is 0.294. The van der Waals surface area contributed by atoms with Crippen LogP contribution in [0.5, 0.6) is 0 Å². The van der Waals surface area contributed by atoms with Crippen molar-refractivity contribution in [3.63, 3.8) is 0 Å². The summed E-state index contributed by atoms with van der Waals surface area (Å²) in [6.07, 6.45) is 0.456. The zero-order chi connectivity index (χ0) is 19.3. The first-order valence-electron chi connectivity index (χ1n) is 7.96. The lowest BCUT2D eigenvalue weighted by molar-refractivity contribution is -0.385. The van der Waals surface area contributed by atoms with Gasteiger partial charge in [0.15, 0.2) is 0 Å². The summed E-state index contributed by atoms with van der Waals surface area (Å²) in [6, 6.07) is 11.7. The molecule has 2 aromatic carbocycles. The van der Waals surface area contributed by atoms with Crippen LogP contribution in [0.2, 0.25) is 5.02 Å². The predicted octanol–water partition coefficient (Wildman–Crippen LogP) is 3.10. The molecule has 0 aliphatic carbocycles. The molecule has 2 aromatic rings. The van der Waals surface area contributed by atoms with Crippen molar-refractivity contribution >= 4 is 27.3 Å². The summed E-state index contributed by atoms with van der Waals surface area (Å²) in [6.45, 7) is 2.22. The van der Waals surface area contributed by atoms with Gasteiger partial charge in [0.25, 0.3) is 5.69 Å². The van der Waals surface area contributed by atoms with E-state index in [1.165, 1.54) is 16.4 Å². The molecule has 7 nitrogen and oxygen atoms in total. The van der Waals surface area contributed by atoms with Crippen LogP contribution in [0.25, 0.3) is 0 Å². The first kappa shape index (κ1) is 20.3. The lowest BCUT2D eigenvalue weighted by Gasteiger charge is -2.23. The molecule has 140 valence electrons. The van der Waals surface area contributed by atoms with E-state index in [-0.39, 0.29) is 23.0 Å². The Morgan fingerprint density at radius 2 is 1.88 bits per heavy atom. The van der Waals surface area contributed by atoms with Gasteiger partial charge < -0.3 is 5.73 Å². The van der Waals surface area contributed by atoms with Gasteiger partial charge in [-0.05, 0) is 37.1 Å². The van der Waals surface area contributed by atoms with Crippen molar-refractivity contribution in [2.45, 2.75) is 24.8 Å². The summed E-state index contributed by atoms with van der Waals surface area (Å²) in [5.74, 6) is 0. The summed E-state index contributed by atoms with van der Waals surface area (Å²) in [5.41, 5.74) is 6.35. The van der Waals surface area contributed by atoms with E-state index in [2.05, 4.69) is 0 Å². The molecule has 0 amide bonds. The van der Waals surface area contributed by atoms with Crippen LogP contribution in [-0.2, 0) is 16.6 Å². The van der Waals surface area contributed by atoms with E-state index < -0.39 is 20.6 Å². The van der Waals surface area contributed by atoms with E-state index in [4.69, 9.17) is 17.3 Å². The molecule has 0 atom stereocenters. The quantitative estimate of drug-likeness (QED) is 0.544. The third kappa shape index (κ3) is 4.59. The maximum atomic E-state index is 13.2. The molecule has 0 heterocycles. The number of nitrogens with two attached hydrogens (primary N) is 1. The number of hydrogen-bond acceptors (Lipinski definition) is 5. The average Bonchev–Trinajstić information content (AvgIpc) is 2.60. The molecular weight excluding hydrogens is 378 g/mol. The third-order valence-electron chi connectivity index (χ3n) is 3.79. The van der Waals surface area contributed by atoms with Crippen molar-refractivity contribution < 1.29 is 13.3 Å². The minimum Gasteiger partial charge on any atom is -0.330 e. The summed E-state index contributed by atoms with van der Waals surface area (Å²) in [5, 5.41) is 10.8. The minimum absolute atomic E-state index is 0.126. The Morgan fingerprint density at radius 1 is 1.23 bits per heavy atom. The van der Waals surface area contributed by atoms with Crippen molar-refractivity contribution in [3.05, 3.63) is 68.7 Å². The van der Waals surface area contributed by atoms with Crippen LogP contribution >= 0.6 is 11.6 Å². The van der Waals surface area contributed by atoms with Gasteiger partial charge >= 0.3 is 0 Å². The van der Waals surface area contributed by atoms with Gasteiger partial charge in [-0.15, -0.1) is 0 Å². The summed E-state index contributed by atoms with van der Waals surface area (Å²) in [7, 11) is -4.04. The summed E-state index contributed by atoms with van der Waals surface area (Å²) >= 11 is 6.07. The highest BCUT2D eigenvalue weighted by molar-refractivity contribution is 7.89. The van der Waals surface area contributed by atoms with Gasteiger partial charge in [0.1, 0.15) is 9.92 Å². The molecule has 0 saturated carbocycles. The van der Waals surface area contributed by atoms with Gasteiger partial charge in [-0.1, -0.05) is 41.9 Å². The number of nitro benzene ring substituents is 1. The zero-order valence-corrected chi connectivity index (χ0v) is 15.8. The molecule has 0 saturated heterocycles. The number of hydrogen-bond donors (Lipinski definition) is 1. The van der Waals surface area contributed by atoms with Gasteiger partial charge in [0.05, 0.1) is 4.92 Å². The highest BCUT2D eigenvalue weighted by Gasteiger charge is 2.30. The number of benzene rings is 2. The van der Waals surface area contributed by atoms with E-state index in [1.54, 1.807) is 6.92 Å². The van der Waals surface area contributed by atoms with E-state index in [0.717, 1.165) is 5.56 Å². The molecule has 0 bridgehead atoms. The van der Waals surface area contributed by atoms with Crippen LogP contribution in [0.3, 0.4) is 0 Å². The molecule has 0 radical (unpaired) electrons. The standard InChI is InChI=1S/C17H20ClN3O4S/c1-13-10-15(21(22)23)17(18)16(11-13)26(24,25)20(9-5-8-19)12-14-6-3-2-4-7-14/h2-4,6-7,10-11H,5,8-9,12,19H2,1H3. The normalized spacial score (nSPS) is 11.7. The minimum atomic E-state index is -4.04. The Bertz CT molecular complexity index is 888. The number of rotatable bonds is 8. The Labute approximate surface area is 157 Å². The van der Waals surface area contributed by atoms with Crippen LogP contribution in [0, 0.1) is 17.0 Å². The molecular formula is C17H20ClN3O4S. The largest absolute Gasteiger partial charge is 0.330 e. The van der Waals surface area contributed by atoms with E-state index in [0.29, 0.717) is 18.5 Å². The van der Waals surface area contributed by atoms with Crippen LogP contribution in [-0.4, -0.2) is 30.7 Å². The Hall–Kier alpha value is -2.00. The number of nitrogens with zero attached hydrogens (tertiary/aromatic N) is 2. The molecule has 0 aromatic heterocycles. The number of sulfonamides is 1. The first-order chi connectivity index (χ1) is 12.3. The highest BCUT2D eigenvalue weighted by atomic mass is 35.5. The second kappa shape index (κ2) is 8.59. The van der Waals surface area contributed by atoms with E-state index >= 15 is 0 Å². The van der Waals surface area contributed by atoms with Gasteiger partial charge in [-0.25, -0.2) is 8.42 Å². The van der Waals surface area contributed by atoms with Gasteiger partial charge in [-0.3, -0.25) is 10.1 Å². The number of nitro groups is 1. The Morgan fingerprint density at radius 3 is 2.46 bits per heavy atom. The van der Waals surface area contributed by atoms with Crippen molar-refractivity contribution in [3.8, 4) is 0 Å². The molecule has 0 unspecified atom stereocenters. The van der Waals surface area contributed by atoms with Gasteiger partial charge in [-0.2, -0.15) is 4.31 Å². The Kier molecular flexibility index (Phi) is 6.71. The molecule has 9 heteroatoms. The van der Waals surface area contributed by atoms with Crippen molar-refractivity contribution in [1.82, 2.24) is 4.31 Å².